The number of benzene rings is 1. The van der Waals surface area contributed by atoms with Gasteiger partial charge in [0.25, 0.3) is 0 Å². The number of esters is 1. The number of rotatable bonds is 3. The van der Waals surface area contributed by atoms with Crippen LogP contribution in [-0.4, -0.2) is 35.8 Å². The Balaban J connectivity index is 1.92. The third-order valence-electron chi connectivity index (χ3n) is 5.96. The summed E-state index contributed by atoms with van der Waals surface area (Å²) in [6, 6.07) is 7.53. The van der Waals surface area contributed by atoms with Gasteiger partial charge < -0.3 is 14.5 Å². The monoisotopic (exact) mass is 428 g/mol. The summed E-state index contributed by atoms with van der Waals surface area (Å²) >= 11 is 0. The van der Waals surface area contributed by atoms with Crippen LogP contribution in [0.25, 0.3) is 10.9 Å². The van der Waals surface area contributed by atoms with Gasteiger partial charge in [0.2, 0.25) is 0 Å². The number of aromatic amines is 1. The van der Waals surface area contributed by atoms with Crippen LogP contribution in [0.3, 0.4) is 0 Å². The molecule has 1 amide bonds. The molecule has 1 saturated carbocycles. The minimum Gasteiger partial charge on any atom is -0.455 e. The number of anilines is 1. The minimum atomic E-state index is -0.646. The standard InChI is InChI=1S/C25H36N2O4/c1-24(2,3)17-13-9-11-15-19(17)30-23(29)27(7)21-16-12-8-10-14-18(16)26-20(21)22(28)31-25(4,5)6/h8,10,12,14,17,19,26H,9,11,13,15H2,1-7H3/t17-,19-/m0/s1. The van der Waals surface area contributed by atoms with Crippen molar-refractivity contribution in [3.05, 3.63) is 30.0 Å². The first-order valence-corrected chi connectivity index (χ1v) is 11.2. The summed E-state index contributed by atoms with van der Waals surface area (Å²) in [5.41, 5.74) is 0.923. The largest absolute Gasteiger partial charge is 0.455 e. The molecule has 1 N–H and O–H groups in total. The molecule has 3 rings (SSSR count). The quantitative estimate of drug-likeness (QED) is 0.582. The van der Waals surface area contributed by atoms with E-state index in [2.05, 4.69) is 25.8 Å². The fourth-order valence-corrected chi connectivity index (χ4v) is 4.48. The van der Waals surface area contributed by atoms with E-state index in [-0.39, 0.29) is 17.2 Å². The Kier molecular flexibility index (Phi) is 6.40. The van der Waals surface area contributed by atoms with E-state index in [4.69, 9.17) is 9.47 Å². The Morgan fingerprint density at radius 2 is 1.68 bits per heavy atom. The Morgan fingerprint density at radius 3 is 2.32 bits per heavy atom. The van der Waals surface area contributed by atoms with Crippen molar-refractivity contribution < 1.29 is 19.1 Å². The van der Waals surface area contributed by atoms with Gasteiger partial charge in [-0.2, -0.15) is 0 Å². The number of fused-ring (bicyclic) bond motifs is 1. The number of amides is 1. The van der Waals surface area contributed by atoms with Gasteiger partial charge in [-0.15, -0.1) is 0 Å². The molecule has 1 heterocycles. The molecule has 2 atom stereocenters. The second-order valence-electron chi connectivity index (χ2n) is 10.6. The summed E-state index contributed by atoms with van der Waals surface area (Å²) in [6.07, 6.45) is 3.58. The fourth-order valence-electron chi connectivity index (χ4n) is 4.48. The van der Waals surface area contributed by atoms with Crippen LogP contribution in [0.5, 0.6) is 0 Å². The molecule has 170 valence electrons. The highest BCUT2D eigenvalue weighted by Crippen LogP contribution is 2.40. The third kappa shape index (κ3) is 5.23. The number of hydrogen-bond donors (Lipinski definition) is 1. The van der Waals surface area contributed by atoms with E-state index >= 15 is 0 Å². The van der Waals surface area contributed by atoms with Gasteiger partial charge in [-0.25, -0.2) is 9.59 Å². The van der Waals surface area contributed by atoms with Gasteiger partial charge in [-0.3, -0.25) is 4.90 Å². The molecule has 1 aromatic heterocycles. The highest BCUT2D eigenvalue weighted by Gasteiger charge is 2.38. The number of nitrogens with one attached hydrogen (secondary N) is 1. The van der Waals surface area contributed by atoms with Crippen LogP contribution in [-0.2, 0) is 9.47 Å². The van der Waals surface area contributed by atoms with Crippen molar-refractivity contribution in [3.63, 3.8) is 0 Å². The van der Waals surface area contributed by atoms with Gasteiger partial charge in [-0.05, 0) is 51.5 Å². The van der Waals surface area contributed by atoms with E-state index in [1.54, 1.807) is 7.05 Å². The van der Waals surface area contributed by atoms with Gasteiger partial charge in [-0.1, -0.05) is 45.4 Å². The van der Waals surface area contributed by atoms with Crippen LogP contribution in [0.4, 0.5) is 10.5 Å². The van der Waals surface area contributed by atoms with Crippen molar-refractivity contribution >= 4 is 28.7 Å². The highest BCUT2D eigenvalue weighted by molar-refractivity contribution is 6.10. The number of aromatic nitrogens is 1. The van der Waals surface area contributed by atoms with E-state index in [1.165, 1.54) is 4.90 Å². The lowest BCUT2D eigenvalue weighted by atomic mass is 9.71. The van der Waals surface area contributed by atoms with Crippen LogP contribution in [0.15, 0.2) is 24.3 Å². The first-order chi connectivity index (χ1) is 14.4. The lowest BCUT2D eigenvalue weighted by molar-refractivity contribution is -0.00261. The van der Waals surface area contributed by atoms with Crippen LogP contribution in [0.2, 0.25) is 0 Å². The average Bonchev–Trinajstić information content (AvgIpc) is 3.05. The van der Waals surface area contributed by atoms with Gasteiger partial charge in [0.15, 0.2) is 0 Å². The zero-order valence-electron chi connectivity index (χ0n) is 19.9. The van der Waals surface area contributed by atoms with E-state index in [0.29, 0.717) is 11.6 Å². The Bertz CT molecular complexity index is 949. The Morgan fingerprint density at radius 1 is 1.03 bits per heavy atom. The first kappa shape index (κ1) is 23.2. The maximum absolute atomic E-state index is 13.2. The molecule has 1 fully saturated rings. The molecular formula is C25H36N2O4. The smallest absolute Gasteiger partial charge is 0.414 e. The van der Waals surface area contributed by atoms with E-state index in [1.807, 2.05) is 45.0 Å². The molecule has 0 spiro atoms. The van der Waals surface area contributed by atoms with Gasteiger partial charge >= 0.3 is 12.1 Å². The van der Waals surface area contributed by atoms with Gasteiger partial charge in [0.05, 0.1) is 5.69 Å². The summed E-state index contributed by atoms with van der Waals surface area (Å²) in [5, 5.41) is 0.777. The lowest BCUT2D eigenvalue weighted by Crippen LogP contribution is -2.41. The Labute approximate surface area is 185 Å². The molecule has 6 heteroatoms. The summed E-state index contributed by atoms with van der Waals surface area (Å²) in [6.45, 7) is 12.1. The molecule has 0 radical (unpaired) electrons. The molecule has 0 bridgehead atoms. The number of carbonyl (C=O) groups excluding carboxylic acids is 2. The van der Waals surface area contributed by atoms with Crippen molar-refractivity contribution in [1.82, 2.24) is 4.98 Å². The second-order valence-corrected chi connectivity index (χ2v) is 10.6. The van der Waals surface area contributed by atoms with Crippen molar-refractivity contribution in [1.29, 1.82) is 0 Å². The molecule has 31 heavy (non-hydrogen) atoms. The van der Waals surface area contributed by atoms with Gasteiger partial charge in [0, 0.05) is 23.9 Å². The summed E-state index contributed by atoms with van der Waals surface area (Å²) in [5.74, 6) is -0.185. The molecule has 0 aliphatic heterocycles. The number of nitrogens with zero attached hydrogens (tertiary/aromatic N) is 1. The predicted octanol–water partition coefficient (Wildman–Crippen LogP) is 6.30. The molecule has 1 aliphatic rings. The molecule has 1 aromatic carbocycles. The van der Waals surface area contributed by atoms with Crippen LogP contribution >= 0.6 is 0 Å². The minimum absolute atomic E-state index is 0.0619. The zero-order valence-corrected chi connectivity index (χ0v) is 19.9. The second kappa shape index (κ2) is 8.56. The molecular weight excluding hydrogens is 392 g/mol. The molecule has 2 aromatic rings. The van der Waals surface area contributed by atoms with E-state index in [9.17, 15) is 9.59 Å². The van der Waals surface area contributed by atoms with Gasteiger partial charge in [0.1, 0.15) is 17.4 Å². The lowest BCUT2D eigenvalue weighted by Gasteiger charge is -2.40. The summed E-state index contributed by atoms with van der Waals surface area (Å²) in [7, 11) is 1.65. The van der Waals surface area contributed by atoms with Crippen molar-refractivity contribution in [3.8, 4) is 0 Å². The van der Waals surface area contributed by atoms with Crippen molar-refractivity contribution in [2.45, 2.75) is 78.9 Å². The highest BCUT2D eigenvalue weighted by atomic mass is 16.6. The zero-order chi connectivity index (χ0) is 23.0. The van der Waals surface area contributed by atoms with Crippen molar-refractivity contribution in [2.24, 2.45) is 11.3 Å². The number of hydrogen-bond acceptors (Lipinski definition) is 4. The van der Waals surface area contributed by atoms with Crippen LogP contribution in [0.1, 0.15) is 77.7 Å². The van der Waals surface area contributed by atoms with Crippen LogP contribution in [0, 0.1) is 11.3 Å². The number of ether oxygens (including phenoxy) is 2. The SMILES string of the molecule is CN(C(=O)O[C@H]1CCCC[C@@H]1C(C)(C)C)c1c(C(=O)OC(C)(C)C)[nH]c2ccccc12. The number of H-pyrrole nitrogens is 1. The molecule has 0 saturated heterocycles. The fraction of sp³-hybridized carbons (Fsp3) is 0.600. The topological polar surface area (TPSA) is 71.6 Å². The predicted molar refractivity (Wildman–Crippen MR) is 124 cm³/mol. The van der Waals surface area contributed by atoms with Crippen LogP contribution < -0.4 is 4.90 Å². The average molecular weight is 429 g/mol. The van der Waals surface area contributed by atoms with E-state index in [0.717, 1.165) is 36.6 Å². The molecule has 1 aliphatic carbocycles. The number of para-hydroxylation sites is 1. The molecule has 0 unspecified atom stereocenters. The third-order valence-corrected chi connectivity index (χ3v) is 5.96. The molecule has 6 nitrogen and oxygen atoms in total. The first-order valence-electron chi connectivity index (χ1n) is 11.2. The maximum atomic E-state index is 13.2. The Hall–Kier alpha value is -2.50. The number of carbonyl (C=O) groups is 2. The summed E-state index contributed by atoms with van der Waals surface area (Å²) in [4.78, 5) is 30.7. The maximum Gasteiger partial charge on any atom is 0.414 e. The summed E-state index contributed by atoms with van der Waals surface area (Å²) < 4.78 is 11.6. The van der Waals surface area contributed by atoms with Crippen molar-refractivity contribution in [2.75, 3.05) is 11.9 Å². The normalized spacial score (nSPS) is 19.8. The van der Waals surface area contributed by atoms with E-state index < -0.39 is 17.7 Å².